The molecular formula is C16H24N2O. The predicted molar refractivity (Wildman–Crippen MR) is 79.5 cm³/mol. The molecule has 3 nitrogen and oxygen atoms in total. The standard InChI is InChI=1S/C16H24N2O/c1-3-4-9-17-10-12-18(13-11-17)14-15-5-7-16(19-2)8-6-15/h3,5-8H,1,4,9-14H2,2H3. The zero-order valence-corrected chi connectivity index (χ0v) is 11.8. The van der Waals surface area contributed by atoms with Crippen LogP contribution in [0.5, 0.6) is 5.75 Å². The molecular weight excluding hydrogens is 236 g/mol. The van der Waals surface area contributed by atoms with E-state index in [1.54, 1.807) is 7.11 Å². The largest absolute Gasteiger partial charge is 0.497 e. The van der Waals surface area contributed by atoms with Gasteiger partial charge in [-0.1, -0.05) is 18.2 Å². The molecule has 0 atom stereocenters. The molecule has 3 heteroatoms. The van der Waals surface area contributed by atoms with E-state index in [1.165, 1.54) is 18.7 Å². The molecule has 19 heavy (non-hydrogen) atoms. The van der Waals surface area contributed by atoms with Crippen molar-refractivity contribution in [3.05, 3.63) is 42.5 Å². The second-order valence-electron chi connectivity index (χ2n) is 5.04. The molecule has 0 aliphatic carbocycles. The molecule has 0 spiro atoms. The highest BCUT2D eigenvalue weighted by atomic mass is 16.5. The van der Waals surface area contributed by atoms with Crippen molar-refractivity contribution in [1.82, 2.24) is 9.80 Å². The third-order valence-corrected chi connectivity index (χ3v) is 3.68. The minimum absolute atomic E-state index is 0.929. The maximum atomic E-state index is 5.18. The maximum absolute atomic E-state index is 5.18. The monoisotopic (exact) mass is 260 g/mol. The average Bonchev–Trinajstić information content (AvgIpc) is 2.47. The summed E-state index contributed by atoms with van der Waals surface area (Å²) >= 11 is 0. The van der Waals surface area contributed by atoms with Crippen LogP contribution < -0.4 is 4.74 Å². The fraction of sp³-hybridized carbons (Fsp3) is 0.500. The van der Waals surface area contributed by atoms with Crippen molar-refractivity contribution in [2.24, 2.45) is 0 Å². The Morgan fingerprint density at radius 1 is 1.11 bits per heavy atom. The van der Waals surface area contributed by atoms with E-state index in [0.717, 1.165) is 38.3 Å². The van der Waals surface area contributed by atoms with E-state index in [9.17, 15) is 0 Å². The van der Waals surface area contributed by atoms with Gasteiger partial charge in [-0.15, -0.1) is 6.58 Å². The number of benzene rings is 1. The minimum Gasteiger partial charge on any atom is -0.497 e. The highest BCUT2D eigenvalue weighted by molar-refractivity contribution is 5.27. The molecule has 1 aromatic carbocycles. The van der Waals surface area contributed by atoms with Crippen LogP contribution in [0.4, 0.5) is 0 Å². The maximum Gasteiger partial charge on any atom is 0.118 e. The first-order valence-corrected chi connectivity index (χ1v) is 7.00. The number of rotatable bonds is 6. The van der Waals surface area contributed by atoms with Crippen LogP contribution in [0.2, 0.25) is 0 Å². The van der Waals surface area contributed by atoms with E-state index >= 15 is 0 Å². The third kappa shape index (κ3) is 4.37. The lowest BCUT2D eigenvalue weighted by molar-refractivity contribution is 0.129. The van der Waals surface area contributed by atoms with E-state index in [4.69, 9.17) is 4.74 Å². The van der Waals surface area contributed by atoms with Gasteiger partial charge in [0.25, 0.3) is 0 Å². The quantitative estimate of drug-likeness (QED) is 0.730. The second-order valence-corrected chi connectivity index (χ2v) is 5.04. The van der Waals surface area contributed by atoms with Crippen molar-refractivity contribution < 1.29 is 4.74 Å². The summed E-state index contributed by atoms with van der Waals surface area (Å²) in [5, 5.41) is 0. The number of piperazine rings is 1. The van der Waals surface area contributed by atoms with Gasteiger partial charge in [0.05, 0.1) is 7.11 Å². The fourth-order valence-electron chi connectivity index (χ4n) is 2.43. The molecule has 0 aromatic heterocycles. The lowest BCUT2D eigenvalue weighted by atomic mass is 10.2. The van der Waals surface area contributed by atoms with Crippen LogP contribution in [0.25, 0.3) is 0 Å². The minimum atomic E-state index is 0.929. The number of nitrogens with zero attached hydrogens (tertiary/aromatic N) is 2. The summed E-state index contributed by atoms with van der Waals surface area (Å²) in [7, 11) is 1.71. The summed E-state index contributed by atoms with van der Waals surface area (Å²) in [6, 6.07) is 8.39. The Balaban J connectivity index is 1.76. The van der Waals surface area contributed by atoms with Gasteiger partial charge in [0.15, 0.2) is 0 Å². The fourth-order valence-corrected chi connectivity index (χ4v) is 2.43. The lowest BCUT2D eigenvalue weighted by Gasteiger charge is -2.34. The van der Waals surface area contributed by atoms with Crippen LogP contribution in [0.3, 0.4) is 0 Å². The molecule has 1 fully saturated rings. The molecule has 2 rings (SSSR count). The Morgan fingerprint density at radius 3 is 2.32 bits per heavy atom. The van der Waals surface area contributed by atoms with Gasteiger partial charge in [0.2, 0.25) is 0 Å². The summed E-state index contributed by atoms with van der Waals surface area (Å²) in [6.45, 7) is 10.6. The molecule has 1 aliphatic heterocycles. The SMILES string of the molecule is C=CCCN1CCN(Cc2ccc(OC)cc2)CC1. The Kier molecular flexibility index (Phi) is 5.43. The van der Waals surface area contributed by atoms with E-state index in [-0.39, 0.29) is 0 Å². The van der Waals surface area contributed by atoms with Crippen molar-refractivity contribution in [3.63, 3.8) is 0 Å². The van der Waals surface area contributed by atoms with E-state index in [0.29, 0.717) is 0 Å². The van der Waals surface area contributed by atoms with Crippen LogP contribution in [-0.4, -0.2) is 49.6 Å². The van der Waals surface area contributed by atoms with Crippen LogP contribution in [0.1, 0.15) is 12.0 Å². The Labute approximate surface area is 116 Å². The van der Waals surface area contributed by atoms with Gasteiger partial charge in [0, 0.05) is 39.3 Å². The molecule has 1 heterocycles. The van der Waals surface area contributed by atoms with E-state index in [1.807, 2.05) is 18.2 Å². The van der Waals surface area contributed by atoms with Gasteiger partial charge in [-0.25, -0.2) is 0 Å². The number of methoxy groups -OCH3 is 1. The van der Waals surface area contributed by atoms with Crippen molar-refractivity contribution in [2.75, 3.05) is 39.8 Å². The van der Waals surface area contributed by atoms with Crippen LogP contribution >= 0.6 is 0 Å². The molecule has 1 aromatic rings. The van der Waals surface area contributed by atoms with Gasteiger partial charge in [-0.2, -0.15) is 0 Å². The third-order valence-electron chi connectivity index (χ3n) is 3.68. The highest BCUT2D eigenvalue weighted by Crippen LogP contribution is 2.14. The van der Waals surface area contributed by atoms with Crippen molar-refractivity contribution >= 4 is 0 Å². The van der Waals surface area contributed by atoms with Crippen molar-refractivity contribution in [1.29, 1.82) is 0 Å². The van der Waals surface area contributed by atoms with Gasteiger partial charge < -0.3 is 9.64 Å². The Hall–Kier alpha value is -1.32. The molecule has 0 amide bonds. The Bertz CT molecular complexity index is 380. The first kappa shape index (κ1) is 14.1. The molecule has 1 saturated heterocycles. The molecule has 0 bridgehead atoms. The summed E-state index contributed by atoms with van der Waals surface area (Å²) < 4.78 is 5.18. The van der Waals surface area contributed by atoms with Gasteiger partial charge in [-0.3, -0.25) is 4.90 Å². The van der Waals surface area contributed by atoms with Gasteiger partial charge in [0.1, 0.15) is 5.75 Å². The van der Waals surface area contributed by atoms with E-state index in [2.05, 4.69) is 28.5 Å². The van der Waals surface area contributed by atoms with E-state index < -0.39 is 0 Å². The van der Waals surface area contributed by atoms with Crippen LogP contribution in [-0.2, 0) is 6.54 Å². The molecule has 0 N–H and O–H groups in total. The molecule has 104 valence electrons. The lowest BCUT2D eigenvalue weighted by Crippen LogP contribution is -2.45. The number of ether oxygens (including phenoxy) is 1. The second kappa shape index (κ2) is 7.31. The van der Waals surface area contributed by atoms with Crippen LogP contribution in [0.15, 0.2) is 36.9 Å². The first-order valence-electron chi connectivity index (χ1n) is 7.00. The molecule has 0 radical (unpaired) electrons. The Morgan fingerprint density at radius 2 is 1.74 bits per heavy atom. The van der Waals surface area contributed by atoms with Crippen molar-refractivity contribution in [2.45, 2.75) is 13.0 Å². The van der Waals surface area contributed by atoms with Crippen molar-refractivity contribution in [3.8, 4) is 5.75 Å². The zero-order valence-electron chi connectivity index (χ0n) is 11.8. The average molecular weight is 260 g/mol. The first-order chi connectivity index (χ1) is 9.31. The summed E-state index contributed by atoms with van der Waals surface area (Å²) in [4.78, 5) is 5.04. The van der Waals surface area contributed by atoms with Gasteiger partial charge >= 0.3 is 0 Å². The summed E-state index contributed by atoms with van der Waals surface area (Å²) in [5.41, 5.74) is 1.36. The summed E-state index contributed by atoms with van der Waals surface area (Å²) in [5.74, 6) is 0.929. The summed E-state index contributed by atoms with van der Waals surface area (Å²) in [6.07, 6.45) is 3.10. The number of hydrogen-bond donors (Lipinski definition) is 0. The molecule has 1 aliphatic rings. The highest BCUT2D eigenvalue weighted by Gasteiger charge is 2.15. The zero-order chi connectivity index (χ0) is 13.5. The molecule has 0 saturated carbocycles. The topological polar surface area (TPSA) is 15.7 Å². The number of hydrogen-bond acceptors (Lipinski definition) is 3. The molecule has 0 unspecified atom stereocenters. The van der Waals surface area contributed by atoms with Gasteiger partial charge in [-0.05, 0) is 24.1 Å². The van der Waals surface area contributed by atoms with Crippen LogP contribution in [0, 0.1) is 0 Å². The normalized spacial score (nSPS) is 17.3. The smallest absolute Gasteiger partial charge is 0.118 e. The predicted octanol–water partition coefficient (Wildman–Crippen LogP) is 2.39.